The molecule has 0 fully saturated rings. The summed E-state index contributed by atoms with van der Waals surface area (Å²) in [4.78, 5) is 9.55. The predicted octanol–water partition coefficient (Wildman–Crippen LogP) is 6.23. The lowest BCUT2D eigenvalue weighted by Crippen LogP contribution is -2.15. The molecule has 0 saturated carbocycles. The molecule has 1 aliphatic rings. The van der Waals surface area contributed by atoms with Gasteiger partial charge in [0.05, 0.1) is 0 Å². The Labute approximate surface area is 171 Å². The maximum atomic E-state index is 4.78. The molecule has 2 nitrogen and oxygen atoms in total. The van der Waals surface area contributed by atoms with Crippen LogP contribution < -0.4 is 0 Å². The quantitative estimate of drug-likeness (QED) is 0.423. The van der Waals surface area contributed by atoms with Crippen LogP contribution in [-0.4, -0.2) is 9.97 Å². The van der Waals surface area contributed by atoms with Crippen LogP contribution in [0.1, 0.15) is 40.3 Å². The van der Waals surface area contributed by atoms with Crippen LogP contribution >= 0.6 is 0 Å². The minimum Gasteiger partial charge on any atom is -0.261 e. The van der Waals surface area contributed by atoms with E-state index in [0.29, 0.717) is 0 Å². The normalized spacial score (nSPS) is 21.0. The van der Waals surface area contributed by atoms with Crippen LogP contribution in [0.2, 0.25) is 0 Å². The molecular formula is C27H22N2. The second-order valence-electron chi connectivity index (χ2n) is 7.44. The monoisotopic (exact) mass is 374 g/mol. The zero-order valence-electron chi connectivity index (χ0n) is 16.1. The lowest BCUT2D eigenvalue weighted by molar-refractivity contribution is 0.581. The van der Waals surface area contributed by atoms with E-state index in [1.807, 2.05) is 24.5 Å². The van der Waals surface area contributed by atoms with Crippen LogP contribution in [0.4, 0.5) is 0 Å². The van der Waals surface area contributed by atoms with Crippen molar-refractivity contribution in [1.29, 1.82) is 0 Å². The summed E-state index contributed by atoms with van der Waals surface area (Å²) in [6.45, 7) is 0. The SMILES string of the molecule is C1=C(c2ccccc2)[C@H](c2ccccn2)[C@@H](c2ccccn2)[C@@H]1c1ccccc1. The number of pyridine rings is 2. The highest BCUT2D eigenvalue weighted by Gasteiger charge is 2.41. The van der Waals surface area contributed by atoms with Crippen LogP contribution in [0.3, 0.4) is 0 Å². The highest BCUT2D eigenvalue weighted by molar-refractivity contribution is 5.76. The van der Waals surface area contributed by atoms with Gasteiger partial charge in [-0.1, -0.05) is 78.9 Å². The van der Waals surface area contributed by atoms with Gasteiger partial charge in [0.1, 0.15) is 0 Å². The van der Waals surface area contributed by atoms with Crippen molar-refractivity contribution in [1.82, 2.24) is 9.97 Å². The molecule has 2 aromatic carbocycles. The summed E-state index contributed by atoms with van der Waals surface area (Å²) < 4.78 is 0. The summed E-state index contributed by atoms with van der Waals surface area (Å²) in [6.07, 6.45) is 6.22. The number of benzene rings is 2. The third-order valence-electron chi connectivity index (χ3n) is 5.77. The molecule has 0 amide bonds. The van der Waals surface area contributed by atoms with Crippen molar-refractivity contribution in [3.63, 3.8) is 0 Å². The minimum absolute atomic E-state index is 0.152. The van der Waals surface area contributed by atoms with Gasteiger partial charge in [-0.15, -0.1) is 0 Å². The van der Waals surface area contributed by atoms with Crippen molar-refractivity contribution in [3.8, 4) is 0 Å². The smallest absolute Gasteiger partial charge is 0.0485 e. The molecule has 2 aromatic heterocycles. The van der Waals surface area contributed by atoms with Gasteiger partial charge in [0.25, 0.3) is 0 Å². The number of nitrogens with zero attached hydrogens (tertiary/aromatic N) is 2. The Hall–Kier alpha value is -3.52. The molecular weight excluding hydrogens is 352 g/mol. The lowest BCUT2D eigenvalue weighted by atomic mass is 9.77. The van der Waals surface area contributed by atoms with Gasteiger partial charge >= 0.3 is 0 Å². The largest absolute Gasteiger partial charge is 0.261 e. The van der Waals surface area contributed by atoms with Gasteiger partial charge in [0, 0.05) is 41.5 Å². The van der Waals surface area contributed by atoms with Gasteiger partial charge < -0.3 is 0 Å². The number of hydrogen-bond acceptors (Lipinski definition) is 2. The van der Waals surface area contributed by atoms with Crippen LogP contribution in [-0.2, 0) is 0 Å². The summed E-state index contributed by atoms with van der Waals surface area (Å²) in [7, 11) is 0. The second kappa shape index (κ2) is 7.84. The Bertz CT molecular complexity index is 1090. The fourth-order valence-electron chi connectivity index (χ4n) is 4.52. The van der Waals surface area contributed by atoms with Gasteiger partial charge in [-0.2, -0.15) is 0 Å². The third-order valence-corrected chi connectivity index (χ3v) is 5.77. The minimum atomic E-state index is 0.152. The first-order valence-corrected chi connectivity index (χ1v) is 10.1. The molecule has 3 atom stereocenters. The number of hydrogen-bond donors (Lipinski definition) is 0. The van der Waals surface area contributed by atoms with Gasteiger partial charge in [0.15, 0.2) is 0 Å². The van der Waals surface area contributed by atoms with Crippen molar-refractivity contribution in [2.24, 2.45) is 0 Å². The molecule has 140 valence electrons. The van der Waals surface area contributed by atoms with Gasteiger partial charge in [0.2, 0.25) is 0 Å². The molecule has 4 aromatic rings. The molecule has 0 saturated heterocycles. The maximum Gasteiger partial charge on any atom is 0.0485 e. The summed E-state index contributed by atoms with van der Waals surface area (Å²) in [6, 6.07) is 33.9. The van der Waals surface area contributed by atoms with E-state index in [2.05, 4.69) is 91.0 Å². The highest BCUT2D eigenvalue weighted by atomic mass is 14.7. The average Bonchev–Trinajstić information content (AvgIpc) is 3.22. The maximum absolute atomic E-state index is 4.78. The van der Waals surface area contributed by atoms with E-state index in [4.69, 9.17) is 9.97 Å². The fraction of sp³-hybridized carbons (Fsp3) is 0.111. The molecule has 29 heavy (non-hydrogen) atoms. The van der Waals surface area contributed by atoms with Gasteiger partial charge in [-0.25, -0.2) is 0 Å². The summed E-state index contributed by atoms with van der Waals surface area (Å²) in [5.41, 5.74) is 6.10. The molecule has 0 aliphatic heterocycles. The molecule has 0 unspecified atom stereocenters. The zero-order valence-corrected chi connectivity index (χ0v) is 16.1. The first-order valence-electron chi connectivity index (χ1n) is 10.1. The summed E-state index contributed by atoms with van der Waals surface area (Å²) in [5, 5.41) is 0. The molecule has 0 N–H and O–H groups in total. The van der Waals surface area contributed by atoms with Crippen molar-refractivity contribution < 1.29 is 0 Å². The van der Waals surface area contributed by atoms with E-state index in [0.717, 1.165) is 11.4 Å². The van der Waals surface area contributed by atoms with Gasteiger partial charge in [-0.3, -0.25) is 9.97 Å². The van der Waals surface area contributed by atoms with Crippen molar-refractivity contribution in [2.45, 2.75) is 17.8 Å². The zero-order chi connectivity index (χ0) is 19.5. The molecule has 0 radical (unpaired) electrons. The molecule has 2 heterocycles. The van der Waals surface area contributed by atoms with Crippen LogP contribution in [0, 0.1) is 0 Å². The average molecular weight is 374 g/mol. The van der Waals surface area contributed by atoms with E-state index >= 15 is 0 Å². The first-order chi connectivity index (χ1) is 14.4. The lowest BCUT2D eigenvalue weighted by Gasteiger charge is -2.27. The molecule has 2 heteroatoms. The highest BCUT2D eigenvalue weighted by Crippen LogP contribution is 2.55. The van der Waals surface area contributed by atoms with Crippen LogP contribution in [0.25, 0.3) is 5.57 Å². The Morgan fingerprint density at radius 2 is 1.14 bits per heavy atom. The number of rotatable bonds is 4. The number of allylic oxidation sites excluding steroid dienone is 2. The standard InChI is InChI=1S/C27H22N2/c1-3-11-20(12-4-1)22-19-23(21-13-5-2-6-14-21)27(25-16-8-10-18-29-25)26(22)24-15-7-9-17-28-24/h1-19,22,26-27H/t22-,26+,27+/m0/s1. The van der Waals surface area contributed by atoms with E-state index < -0.39 is 0 Å². The molecule has 0 bridgehead atoms. The summed E-state index contributed by atoms with van der Waals surface area (Å²) in [5.74, 6) is 0.593. The third kappa shape index (κ3) is 3.38. The number of aromatic nitrogens is 2. The Balaban J connectivity index is 1.72. The Kier molecular flexibility index (Phi) is 4.75. The van der Waals surface area contributed by atoms with Crippen LogP contribution in [0.5, 0.6) is 0 Å². The predicted molar refractivity (Wildman–Crippen MR) is 118 cm³/mol. The van der Waals surface area contributed by atoms with E-state index in [-0.39, 0.29) is 17.8 Å². The Morgan fingerprint density at radius 1 is 0.552 bits per heavy atom. The van der Waals surface area contributed by atoms with E-state index in [9.17, 15) is 0 Å². The molecule has 5 rings (SSSR count). The van der Waals surface area contributed by atoms with E-state index in [1.54, 1.807) is 0 Å². The summed E-state index contributed by atoms with van der Waals surface area (Å²) >= 11 is 0. The molecule has 0 spiro atoms. The van der Waals surface area contributed by atoms with Crippen molar-refractivity contribution in [3.05, 3.63) is 138 Å². The van der Waals surface area contributed by atoms with Crippen molar-refractivity contribution in [2.75, 3.05) is 0 Å². The second-order valence-corrected chi connectivity index (χ2v) is 7.44. The first kappa shape index (κ1) is 17.6. The molecule has 1 aliphatic carbocycles. The van der Waals surface area contributed by atoms with Gasteiger partial charge in [-0.05, 0) is 41.0 Å². The fourth-order valence-corrected chi connectivity index (χ4v) is 4.52. The Morgan fingerprint density at radius 3 is 1.76 bits per heavy atom. The van der Waals surface area contributed by atoms with Crippen molar-refractivity contribution >= 4 is 5.57 Å². The topological polar surface area (TPSA) is 25.8 Å². The van der Waals surface area contributed by atoms with Crippen LogP contribution in [0.15, 0.2) is 116 Å². The van der Waals surface area contributed by atoms with E-state index in [1.165, 1.54) is 16.7 Å².